The van der Waals surface area contributed by atoms with Crippen molar-refractivity contribution in [3.8, 4) is 0 Å². The molecule has 0 bridgehead atoms. The van der Waals surface area contributed by atoms with Gasteiger partial charge in [-0.25, -0.2) is 9.18 Å². The zero-order valence-corrected chi connectivity index (χ0v) is 13.5. The van der Waals surface area contributed by atoms with E-state index in [1.165, 1.54) is 19.2 Å². The normalized spacial score (nSPS) is 16.1. The molecule has 1 aliphatic heterocycles. The van der Waals surface area contributed by atoms with Crippen molar-refractivity contribution in [2.75, 3.05) is 25.6 Å². The van der Waals surface area contributed by atoms with Gasteiger partial charge < -0.3 is 20.5 Å². The summed E-state index contributed by atoms with van der Waals surface area (Å²) in [5.41, 5.74) is 6.00. The first-order valence-electron chi connectivity index (χ1n) is 7.05. The molecule has 1 unspecified atom stereocenters. The molecule has 1 atom stereocenters. The van der Waals surface area contributed by atoms with Gasteiger partial charge >= 0.3 is 5.97 Å². The van der Waals surface area contributed by atoms with Crippen LogP contribution >= 0.6 is 12.4 Å². The van der Waals surface area contributed by atoms with Gasteiger partial charge in [-0.1, -0.05) is 0 Å². The molecule has 1 heterocycles. The minimum Gasteiger partial charge on any atom is -0.465 e. The van der Waals surface area contributed by atoms with E-state index in [-0.39, 0.29) is 29.6 Å². The van der Waals surface area contributed by atoms with Crippen molar-refractivity contribution < 1.29 is 23.5 Å². The lowest BCUT2D eigenvalue weighted by Crippen LogP contribution is -2.44. The second-order valence-corrected chi connectivity index (χ2v) is 5.15. The Balaban J connectivity index is 0.00000264. The van der Waals surface area contributed by atoms with Crippen molar-refractivity contribution in [2.45, 2.75) is 18.9 Å². The highest BCUT2D eigenvalue weighted by Gasteiger charge is 2.27. The molecule has 1 aliphatic rings. The number of halogens is 2. The van der Waals surface area contributed by atoms with Gasteiger partial charge in [0.25, 0.3) is 0 Å². The van der Waals surface area contributed by atoms with Crippen molar-refractivity contribution in [1.82, 2.24) is 0 Å². The van der Waals surface area contributed by atoms with Crippen LogP contribution in [0, 0.1) is 11.7 Å². The van der Waals surface area contributed by atoms with E-state index in [4.69, 9.17) is 10.5 Å². The van der Waals surface area contributed by atoms with E-state index in [2.05, 4.69) is 10.1 Å². The Hall–Kier alpha value is -1.70. The quantitative estimate of drug-likeness (QED) is 0.810. The van der Waals surface area contributed by atoms with Crippen LogP contribution in [0.2, 0.25) is 0 Å². The molecule has 23 heavy (non-hydrogen) atoms. The molecule has 6 nitrogen and oxygen atoms in total. The molecule has 1 aromatic carbocycles. The summed E-state index contributed by atoms with van der Waals surface area (Å²) in [5, 5.41) is 2.44. The average molecular weight is 347 g/mol. The number of hydrogen-bond acceptors (Lipinski definition) is 5. The maximum Gasteiger partial charge on any atom is 0.337 e. The fraction of sp³-hybridized carbons (Fsp3) is 0.467. The van der Waals surface area contributed by atoms with Crippen molar-refractivity contribution in [3.63, 3.8) is 0 Å². The Kier molecular flexibility index (Phi) is 7.41. The highest BCUT2D eigenvalue weighted by molar-refractivity contribution is 5.97. The predicted molar refractivity (Wildman–Crippen MR) is 85.1 cm³/mol. The van der Waals surface area contributed by atoms with Gasteiger partial charge in [-0.2, -0.15) is 0 Å². The zero-order chi connectivity index (χ0) is 16.1. The fourth-order valence-corrected chi connectivity index (χ4v) is 2.37. The van der Waals surface area contributed by atoms with E-state index in [0.29, 0.717) is 26.1 Å². The molecule has 2 rings (SSSR count). The first kappa shape index (κ1) is 19.3. The lowest BCUT2D eigenvalue weighted by Gasteiger charge is -2.26. The van der Waals surface area contributed by atoms with Gasteiger partial charge in [-0.05, 0) is 37.0 Å². The summed E-state index contributed by atoms with van der Waals surface area (Å²) in [6.07, 6.45) is 1.39. The summed E-state index contributed by atoms with van der Waals surface area (Å²) in [4.78, 5) is 23.6. The Morgan fingerprint density at radius 3 is 2.65 bits per heavy atom. The van der Waals surface area contributed by atoms with E-state index in [1.807, 2.05) is 0 Å². The number of methoxy groups -OCH3 is 1. The van der Waals surface area contributed by atoms with E-state index in [1.54, 1.807) is 0 Å². The third-order valence-electron chi connectivity index (χ3n) is 3.72. The van der Waals surface area contributed by atoms with Gasteiger partial charge in [0.2, 0.25) is 5.91 Å². The van der Waals surface area contributed by atoms with Crippen molar-refractivity contribution >= 4 is 30.0 Å². The predicted octanol–water partition coefficient (Wildman–Crippen LogP) is 1.73. The van der Waals surface area contributed by atoms with Crippen LogP contribution in [0.4, 0.5) is 10.1 Å². The summed E-state index contributed by atoms with van der Waals surface area (Å²) in [5.74, 6) is -1.72. The van der Waals surface area contributed by atoms with Crippen LogP contribution in [0.25, 0.3) is 0 Å². The summed E-state index contributed by atoms with van der Waals surface area (Å²) in [6, 6.07) is 2.87. The standard InChI is InChI=1S/C15H19FN2O4.ClH/c1-21-15(20)10-2-3-11(16)12(8-10)18-14(19)13(17)9-4-6-22-7-5-9;/h2-3,8-9,13H,4-7,17H2,1H3,(H,18,19);1H. The summed E-state index contributed by atoms with van der Waals surface area (Å²) in [7, 11) is 1.23. The summed E-state index contributed by atoms with van der Waals surface area (Å²) in [6.45, 7) is 1.13. The molecule has 0 saturated carbocycles. The maximum absolute atomic E-state index is 13.8. The largest absolute Gasteiger partial charge is 0.465 e. The molecule has 1 saturated heterocycles. The van der Waals surface area contributed by atoms with Gasteiger partial charge in [0, 0.05) is 13.2 Å². The number of carbonyl (C=O) groups excluding carboxylic acids is 2. The number of anilines is 1. The minimum atomic E-state index is -0.745. The molecule has 0 aliphatic carbocycles. The summed E-state index contributed by atoms with van der Waals surface area (Å²) >= 11 is 0. The van der Waals surface area contributed by atoms with Crippen LogP contribution in [0.15, 0.2) is 18.2 Å². The van der Waals surface area contributed by atoms with Crippen LogP contribution < -0.4 is 11.1 Å². The van der Waals surface area contributed by atoms with Gasteiger partial charge in [0.05, 0.1) is 24.4 Å². The van der Waals surface area contributed by atoms with Crippen LogP contribution in [-0.4, -0.2) is 38.2 Å². The molecular weight excluding hydrogens is 327 g/mol. The lowest BCUT2D eigenvalue weighted by atomic mass is 9.92. The number of rotatable bonds is 4. The van der Waals surface area contributed by atoms with Gasteiger partial charge in [0.1, 0.15) is 5.82 Å². The van der Waals surface area contributed by atoms with E-state index < -0.39 is 23.7 Å². The van der Waals surface area contributed by atoms with E-state index in [0.717, 1.165) is 6.07 Å². The van der Waals surface area contributed by atoms with Gasteiger partial charge in [-0.15, -0.1) is 12.4 Å². The Labute approximate surface area is 139 Å². The average Bonchev–Trinajstić information content (AvgIpc) is 2.56. The molecule has 1 amide bonds. The van der Waals surface area contributed by atoms with Gasteiger partial charge in [0.15, 0.2) is 0 Å². The topological polar surface area (TPSA) is 90.7 Å². The van der Waals surface area contributed by atoms with Crippen LogP contribution in [0.3, 0.4) is 0 Å². The molecule has 0 spiro atoms. The van der Waals surface area contributed by atoms with Crippen LogP contribution in [-0.2, 0) is 14.3 Å². The van der Waals surface area contributed by atoms with Crippen molar-refractivity contribution in [2.24, 2.45) is 11.7 Å². The number of benzene rings is 1. The molecule has 128 valence electrons. The smallest absolute Gasteiger partial charge is 0.337 e. The fourth-order valence-electron chi connectivity index (χ4n) is 2.37. The first-order valence-corrected chi connectivity index (χ1v) is 7.05. The minimum absolute atomic E-state index is 0. The second kappa shape index (κ2) is 8.81. The van der Waals surface area contributed by atoms with Crippen molar-refractivity contribution in [1.29, 1.82) is 0 Å². The van der Waals surface area contributed by atoms with E-state index >= 15 is 0 Å². The number of esters is 1. The first-order chi connectivity index (χ1) is 10.5. The molecular formula is C15H20ClFN2O4. The molecule has 0 radical (unpaired) electrons. The monoisotopic (exact) mass is 346 g/mol. The molecule has 0 aromatic heterocycles. The maximum atomic E-state index is 13.8. The third-order valence-corrected chi connectivity index (χ3v) is 3.72. The number of amides is 1. The highest BCUT2D eigenvalue weighted by atomic mass is 35.5. The number of hydrogen-bond donors (Lipinski definition) is 2. The molecule has 8 heteroatoms. The number of nitrogens with one attached hydrogen (secondary N) is 1. The molecule has 1 aromatic rings. The lowest BCUT2D eigenvalue weighted by molar-refractivity contribution is -0.119. The molecule has 3 N–H and O–H groups in total. The third kappa shape index (κ3) is 4.89. The number of carbonyl (C=O) groups is 2. The zero-order valence-electron chi connectivity index (χ0n) is 12.7. The van der Waals surface area contributed by atoms with Crippen molar-refractivity contribution in [3.05, 3.63) is 29.6 Å². The SMILES string of the molecule is COC(=O)c1ccc(F)c(NC(=O)C(N)C2CCOCC2)c1.Cl. The van der Waals surface area contributed by atoms with Crippen LogP contribution in [0.5, 0.6) is 0 Å². The Bertz CT molecular complexity index is 564. The van der Waals surface area contributed by atoms with Crippen LogP contribution in [0.1, 0.15) is 23.2 Å². The second-order valence-electron chi connectivity index (χ2n) is 5.15. The summed E-state index contributed by atoms with van der Waals surface area (Å²) < 4.78 is 23.6. The Morgan fingerprint density at radius 2 is 2.04 bits per heavy atom. The Morgan fingerprint density at radius 1 is 1.39 bits per heavy atom. The van der Waals surface area contributed by atoms with E-state index in [9.17, 15) is 14.0 Å². The number of nitrogens with two attached hydrogens (primary N) is 1. The highest BCUT2D eigenvalue weighted by Crippen LogP contribution is 2.21. The van der Waals surface area contributed by atoms with Gasteiger partial charge in [-0.3, -0.25) is 4.79 Å². The number of ether oxygens (including phenoxy) is 2. The molecule has 1 fully saturated rings.